The van der Waals surface area contributed by atoms with E-state index >= 15 is 0 Å². The summed E-state index contributed by atoms with van der Waals surface area (Å²) in [5.41, 5.74) is 7.70. The molecular weight excluding hydrogens is 462 g/mol. The second kappa shape index (κ2) is 8.83. The van der Waals surface area contributed by atoms with Crippen molar-refractivity contribution < 1.29 is 5.11 Å². The van der Waals surface area contributed by atoms with Crippen molar-refractivity contribution in [1.82, 2.24) is 15.0 Å². The van der Waals surface area contributed by atoms with Crippen LogP contribution in [-0.4, -0.2) is 39.2 Å². The van der Waals surface area contributed by atoms with Crippen LogP contribution in [0.4, 0.5) is 5.82 Å². The molecule has 0 saturated carbocycles. The summed E-state index contributed by atoms with van der Waals surface area (Å²) in [6.07, 6.45) is 3.67. The van der Waals surface area contributed by atoms with E-state index < -0.39 is 0 Å². The molecule has 152 valence electrons. The Kier molecular flexibility index (Phi) is 6.87. The molecule has 28 heavy (non-hydrogen) atoms. The second-order valence-electron chi connectivity index (χ2n) is 7.49. The normalized spacial score (nSPS) is 17.6. The zero-order chi connectivity index (χ0) is 20.5. The first-order valence-electron chi connectivity index (χ1n) is 9.22. The third-order valence-electron chi connectivity index (χ3n) is 5.55. The average molecular weight is 487 g/mol. The Morgan fingerprint density at radius 1 is 1.39 bits per heavy atom. The number of piperidine rings is 1. The molecule has 1 unspecified atom stereocenters. The highest BCUT2D eigenvalue weighted by molar-refractivity contribution is 9.10. The summed E-state index contributed by atoms with van der Waals surface area (Å²) in [5.74, 6) is 0.762. The molecule has 6 nitrogen and oxygen atoms in total. The van der Waals surface area contributed by atoms with E-state index in [1.54, 1.807) is 6.20 Å². The second-order valence-corrected chi connectivity index (χ2v) is 9.65. The van der Waals surface area contributed by atoms with Crippen LogP contribution in [0.3, 0.4) is 0 Å². The summed E-state index contributed by atoms with van der Waals surface area (Å²) in [4.78, 5) is 16.6. The minimum atomic E-state index is -0.162. The maximum absolute atomic E-state index is 9.92. The van der Waals surface area contributed by atoms with Gasteiger partial charge in [-0.3, -0.25) is 0 Å². The Morgan fingerprint density at radius 3 is 2.68 bits per heavy atom. The number of aliphatic hydroxyl groups is 1. The molecule has 0 bridgehead atoms. The Morgan fingerprint density at radius 2 is 2.07 bits per heavy atom. The van der Waals surface area contributed by atoms with Crippen molar-refractivity contribution in [1.29, 1.82) is 0 Å². The van der Waals surface area contributed by atoms with E-state index in [1.807, 2.05) is 13.0 Å². The van der Waals surface area contributed by atoms with Gasteiger partial charge in [0.1, 0.15) is 15.3 Å². The highest BCUT2D eigenvalue weighted by atomic mass is 79.9. The molecule has 9 heteroatoms. The predicted octanol–water partition coefficient (Wildman–Crippen LogP) is 4.19. The highest BCUT2D eigenvalue weighted by Gasteiger charge is 2.34. The summed E-state index contributed by atoms with van der Waals surface area (Å²) in [6.45, 7) is 7.80. The summed E-state index contributed by atoms with van der Waals surface area (Å²) >= 11 is 11.1. The van der Waals surface area contributed by atoms with Crippen LogP contribution >= 0.6 is 39.3 Å². The molecule has 1 fully saturated rings. The van der Waals surface area contributed by atoms with Gasteiger partial charge in [0, 0.05) is 30.2 Å². The number of hydrogen-bond acceptors (Lipinski definition) is 7. The number of nitrogens with zero attached hydrogens (tertiary/aromatic N) is 4. The number of nitrogens with two attached hydrogens (primary N) is 1. The fraction of sp³-hybridized carbons (Fsp3) is 0.526. The molecular formula is C19H25BrClN5OS. The van der Waals surface area contributed by atoms with Crippen molar-refractivity contribution in [3.63, 3.8) is 0 Å². The largest absolute Gasteiger partial charge is 0.390 e. The smallest absolute Gasteiger partial charge is 0.153 e. The standard InChI is InChI=1S/C19H25BrClN5OS/c1-11-18(28-14-4-7-23-16(20)15(14)21)25-13(10-27)17(24-11)26-8-5-19(3,6-9-26)12(2)22/h4,7,12,27H,5-6,8-10,22H2,1-3H3. The van der Waals surface area contributed by atoms with Crippen molar-refractivity contribution in [3.8, 4) is 0 Å². The van der Waals surface area contributed by atoms with E-state index in [4.69, 9.17) is 27.3 Å². The number of hydrogen-bond donors (Lipinski definition) is 2. The number of aromatic nitrogens is 3. The zero-order valence-electron chi connectivity index (χ0n) is 16.2. The van der Waals surface area contributed by atoms with Crippen LogP contribution in [0.5, 0.6) is 0 Å². The molecule has 1 saturated heterocycles. The Hall–Kier alpha value is -0.930. The van der Waals surface area contributed by atoms with Crippen molar-refractivity contribution in [2.45, 2.75) is 56.2 Å². The van der Waals surface area contributed by atoms with E-state index in [0.717, 1.165) is 47.4 Å². The van der Waals surface area contributed by atoms with Crippen LogP contribution in [0.15, 0.2) is 26.8 Å². The lowest BCUT2D eigenvalue weighted by Crippen LogP contribution is -2.47. The Labute approximate surface area is 183 Å². The summed E-state index contributed by atoms with van der Waals surface area (Å²) in [7, 11) is 0. The molecule has 0 aliphatic carbocycles. The van der Waals surface area contributed by atoms with Crippen molar-refractivity contribution in [2.24, 2.45) is 11.1 Å². The topological polar surface area (TPSA) is 88.2 Å². The SMILES string of the molecule is Cc1nc(N2CCC(C)(C(C)N)CC2)c(CO)nc1Sc1ccnc(Br)c1Cl. The first-order valence-corrected chi connectivity index (χ1v) is 11.2. The summed E-state index contributed by atoms with van der Waals surface area (Å²) in [6, 6.07) is 1.99. The molecule has 0 amide bonds. The van der Waals surface area contributed by atoms with Gasteiger partial charge in [0.2, 0.25) is 0 Å². The molecule has 3 heterocycles. The van der Waals surface area contributed by atoms with E-state index in [1.165, 1.54) is 11.8 Å². The Balaban J connectivity index is 1.85. The van der Waals surface area contributed by atoms with Gasteiger partial charge in [0.15, 0.2) is 5.82 Å². The molecule has 1 aliphatic heterocycles. The molecule has 0 radical (unpaired) electrons. The molecule has 3 N–H and O–H groups in total. The molecule has 0 spiro atoms. The number of rotatable bonds is 5. The van der Waals surface area contributed by atoms with Gasteiger partial charge in [-0.25, -0.2) is 15.0 Å². The van der Waals surface area contributed by atoms with Gasteiger partial charge in [-0.2, -0.15) is 0 Å². The number of aryl methyl sites for hydroxylation is 1. The van der Waals surface area contributed by atoms with Crippen LogP contribution in [0.1, 0.15) is 38.1 Å². The molecule has 1 aliphatic rings. The molecule has 2 aromatic rings. The Bertz CT molecular complexity index is 858. The third-order valence-corrected chi connectivity index (χ3v) is 8.01. The fourth-order valence-corrected chi connectivity index (χ4v) is 4.81. The molecule has 1 atom stereocenters. The first kappa shape index (κ1) is 21.8. The lowest BCUT2D eigenvalue weighted by molar-refractivity contribution is 0.204. The third kappa shape index (κ3) is 4.46. The van der Waals surface area contributed by atoms with Crippen LogP contribution in [0.25, 0.3) is 0 Å². The van der Waals surface area contributed by atoms with Crippen LogP contribution in [0, 0.1) is 12.3 Å². The van der Waals surface area contributed by atoms with E-state index in [2.05, 4.69) is 39.7 Å². The van der Waals surface area contributed by atoms with Gasteiger partial charge >= 0.3 is 0 Å². The fourth-order valence-electron chi connectivity index (χ4n) is 3.25. The van der Waals surface area contributed by atoms with Gasteiger partial charge in [-0.1, -0.05) is 30.3 Å². The summed E-state index contributed by atoms with van der Waals surface area (Å²) < 4.78 is 0.592. The quantitative estimate of drug-likeness (QED) is 0.612. The highest BCUT2D eigenvalue weighted by Crippen LogP contribution is 2.39. The summed E-state index contributed by atoms with van der Waals surface area (Å²) in [5, 5.41) is 11.2. The lowest BCUT2D eigenvalue weighted by Gasteiger charge is -2.42. The van der Waals surface area contributed by atoms with E-state index in [-0.39, 0.29) is 18.1 Å². The van der Waals surface area contributed by atoms with Gasteiger partial charge in [0.05, 0.1) is 17.3 Å². The average Bonchev–Trinajstić information content (AvgIpc) is 2.67. The van der Waals surface area contributed by atoms with Crippen molar-refractivity contribution in [3.05, 3.63) is 33.3 Å². The number of aliphatic hydroxyl groups excluding tert-OH is 1. The van der Waals surface area contributed by atoms with Gasteiger partial charge in [-0.05, 0) is 54.1 Å². The minimum absolute atomic E-state index is 0.139. The van der Waals surface area contributed by atoms with Crippen LogP contribution in [0.2, 0.25) is 5.02 Å². The van der Waals surface area contributed by atoms with Crippen LogP contribution < -0.4 is 10.6 Å². The van der Waals surface area contributed by atoms with Crippen LogP contribution in [-0.2, 0) is 6.61 Å². The van der Waals surface area contributed by atoms with Gasteiger partial charge in [0.25, 0.3) is 0 Å². The molecule has 0 aromatic carbocycles. The van der Waals surface area contributed by atoms with Gasteiger partial charge < -0.3 is 15.7 Å². The maximum atomic E-state index is 9.92. The number of anilines is 1. The van der Waals surface area contributed by atoms with E-state index in [9.17, 15) is 5.11 Å². The minimum Gasteiger partial charge on any atom is -0.390 e. The number of halogens is 2. The number of pyridine rings is 1. The van der Waals surface area contributed by atoms with E-state index in [0.29, 0.717) is 15.3 Å². The lowest BCUT2D eigenvalue weighted by atomic mass is 9.75. The zero-order valence-corrected chi connectivity index (χ0v) is 19.4. The molecule has 3 rings (SSSR count). The monoisotopic (exact) mass is 485 g/mol. The molecule has 2 aromatic heterocycles. The van der Waals surface area contributed by atoms with Crippen molar-refractivity contribution in [2.75, 3.05) is 18.0 Å². The van der Waals surface area contributed by atoms with Gasteiger partial charge in [-0.15, -0.1) is 0 Å². The van der Waals surface area contributed by atoms with Crippen molar-refractivity contribution >= 4 is 45.1 Å². The predicted molar refractivity (Wildman–Crippen MR) is 117 cm³/mol. The first-order chi connectivity index (χ1) is 13.2. The maximum Gasteiger partial charge on any atom is 0.153 e.